The Bertz CT molecular complexity index is 404. The summed E-state index contributed by atoms with van der Waals surface area (Å²) in [6.07, 6.45) is 0. The third-order valence-electron chi connectivity index (χ3n) is 2.74. The van der Waals surface area contributed by atoms with Crippen molar-refractivity contribution in [3.63, 3.8) is 0 Å². The second-order valence-corrected chi connectivity index (χ2v) is 6.12. The molecule has 0 bridgehead atoms. The second-order valence-electron chi connectivity index (χ2n) is 6.12. The van der Waals surface area contributed by atoms with Gasteiger partial charge in [-0.15, -0.1) is 0 Å². The largest absolute Gasteiger partial charge is 0.355 e. The molecule has 0 aliphatic carbocycles. The van der Waals surface area contributed by atoms with Crippen LogP contribution in [0.3, 0.4) is 0 Å². The Balaban J connectivity index is 2.44. The molecule has 0 saturated heterocycles. The molecule has 4 nitrogen and oxygen atoms in total. The standard InChI is InChI=1S/C16H28N4/c1-16(2,3)19-12-11-17-15(20(4)5)18-13-14-9-7-6-8-10-14/h6-10,19H,11-13H2,1-5H3,(H,17,18). The lowest BCUT2D eigenvalue weighted by atomic mass is 10.1. The highest BCUT2D eigenvalue weighted by Gasteiger charge is 2.08. The van der Waals surface area contributed by atoms with Crippen LogP contribution < -0.4 is 10.6 Å². The molecule has 0 fully saturated rings. The number of nitrogens with one attached hydrogen (secondary N) is 2. The molecule has 1 aromatic rings. The van der Waals surface area contributed by atoms with Crippen molar-refractivity contribution in [3.8, 4) is 0 Å². The predicted octanol–water partition coefficient (Wildman–Crippen LogP) is 2.08. The number of benzene rings is 1. The van der Waals surface area contributed by atoms with Crippen molar-refractivity contribution in [1.29, 1.82) is 0 Å². The summed E-state index contributed by atoms with van der Waals surface area (Å²) in [6, 6.07) is 10.3. The molecule has 20 heavy (non-hydrogen) atoms. The van der Waals surface area contributed by atoms with E-state index in [-0.39, 0.29) is 5.54 Å². The van der Waals surface area contributed by atoms with Crippen molar-refractivity contribution in [2.75, 3.05) is 27.2 Å². The average molecular weight is 276 g/mol. The van der Waals surface area contributed by atoms with Gasteiger partial charge in [-0.05, 0) is 26.3 Å². The highest BCUT2D eigenvalue weighted by Crippen LogP contribution is 2.00. The van der Waals surface area contributed by atoms with Crippen LogP contribution >= 0.6 is 0 Å². The van der Waals surface area contributed by atoms with Crippen molar-refractivity contribution >= 4 is 5.96 Å². The first-order chi connectivity index (χ1) is 9.38. The Hall–Kier alpha value is -1.55. The number of rotatable bonds is 5. The molecule has 0 atom stereocenters. The van der Waals surface area contributed by atoms with Gasteiger partial charge in [-0.2, -0.15) is 0 Å². The van der Waals surface area contributed by atoms with E-state index in [2.05, 4.69) is 48.5 Å². The maximum atomic E-state index is 4.63. The van der Waals surface area contributed by atoms with E-state index < -0.39 is 0 Å². The summed E-state index contributed by atoms with van der Waals surface area (Å²) in [5.41, 5.74) is 1.38. The molecule has 1 rings (SSSR count). The van der Waals surface area contributed by atoms with Gasteiger partial charge in [0, 0.05) is 32.7 Å². The van der Waals surface area contributed by atoms with E-state index in [0.717, 1.165) is 19.0 Å². The highest BCUT2D eigenvalue weighted by atomic mass is 15.3. The molecule has 2 N–H and O–H groups in total. The summed E-state index contributed by atoms with van der Waals surface area (Å²) in [5, 5.41) is 6.83. The zero-order valence-electron chi connectivity index (χ0n) is 13.4. The first kappa shape index (κ1) is 16.5. The van der Waals surface area contributed by atoms with Crippen LogP contribution in [0.15, 0.2) is 35.3 Å². The molecule has 0 radical (unpaired) electrons. The lowest BCUT2D eigenvalue weighted by molar-refractivity contribution is 0.426. The third-order valence-corrected chi connectivity index (χ3v) is 2.74. The van der Waals surface area contributed by atoms with Gasteiger partial charge < -0.3 is 15.5 Å². The van der Waals surface area contributed by atoms with Gasteiger partial charge in [-0.3, -0.25) is 0 Å². The first-order valence-electron chi connectivity index (χ1n) is 7.13. The quantitative estimate of drug-likeness (QED) is 0.491. The summed E-state index contributed by atoms with van der Waals surface area (Å²) in [4.78, 5) is 6.65. The number of guanidine groups is 1. The van der Waals surface area contributed by atoms with Gasteiger partial charge in [-0.25, -0.2) is 4.99 Å². The van der Waals surface area contributed by atoms with Gasteiger partial charge in [0.25, 0.3) is 0 Å². The first-order valence-corrected chi connectivity index (χ1v) is 7.13. The van der Waals surface area contributed by atoms with Crippen LogP contribution in [0.4, 0.5) is 0 Å². The van der Waals surface area contributed by atoms with Gasteiger partial charge in [0.15, 0.2) is 5.96 Å². The van der Waals surface area contributed by atoms with E-state index in [1.807, 2.05) is 37.2 Å². The summed E-state index contributed by atoms with van der Waals surface area (Å²) in [7, 11) is 4.02. The SMILES string of the molecule is CN(C)C(=NCc1ccccc1)NCCNC(C)(C)C. The Labute approximate surface area is 123 Å². The minimum atomic E-state index is 0.154. The third kappa shape index (κ3) is 7.14. The minimum absolute atomic E-state index is 0.154. The van der Waals surface area contributed by atoms with Crippen LogP contribution in [0.1, 0.15) is 26.3 Å². The Morgan fingerprint density at radius 2 is 1.75 bits per heavy atom. The van der Waals surface area contributed by atoms with E-state index in [9.17, 15) is 0 Å². The van der Waals surface area contributed by atoms with Crippen LogP contribution in [-0.4, -0.2) is 43.6 Å². The van der Waals surface area contributed by atoms with Crippen LogP contribution in [0.2, 0.25) is 0 Å². The van der Waals surface area contributed by atoms with E-state index in [4.69, 9.17) is 0 Å². The van der Waals surface area contributed by atoms with Crippen LogP contribution in [0.5, 0.6) is 0 Å². The van der Waals surface area contributed by atoms with Crippen molar-refractivity contribution < 1.29 is 0 Å². The fourth-order valence-electron chi connectivity index (χ4n) is 1.72. The molecule has 0 aliphatic rings. The summed E-state index contributed by atoms with van der Waals surface area (Å²) >= 11 is 0. The highest BCUT2D eigenvalue weighted by molar-refractivity contribution is 5.79. The number of hydrogen-bond donors (Lipinski definition) is 2. The average Bonchev–Trinajstić information content (AvgIpc) is 2.37. The monoisotopic (exact) mass is 276 g/mol. The topological polar surface area (TPSA) is 39.7 Å². The number of hydrogen-bond acceptors (Lipinski definition) is 2. The number of nitrogens with zero attached hydrogens (tertiary/aromatic N) is 2. The lowest BCUT2D eigenvalue weighted by Crippen LogP contribution is -2.44. The molecule has 112 valence electrons. The molecule has 0 unspecified atom stereocenters. The van der Waals surface area contributed by atoms with E-state index in [0.29, 0.717) is 6.54 Å². The normalized spacial score (nSPS) is 12.3. The zero-order chi connectivity index (χ0) is 15.0. The molecular formula is C16H28N4. The van der Waals surface area contributed by atoms with Crippen LogP contribution in [0.25, 0.3) is 0 Å². The lowest BCUT2D eigenvalue weighted by Gasteiger charge is -2.22. The van der Waals surface area contributed by atoms with Gasteiger partial charge in [-0.1, -0.05) is 30.3 Å². The van der Waals surface area contributed by atoms with Crippen molar-refractivity contribution in [2.24, 2.45) is 4.99 Å². The van der Waals surface area contributed by atoms with E-state index in [1.165, 1.54) is 5.56 Å². The predicted molar refractivity (Wildman–Crippen MR) is 87.0 cm³/mol. The Morgan fingerprint density at radius 3 is 2.30 bits per heavy atom. The second kappa shape index (κ2) is 7.90. The molecule has 0 amide bonds. The summed E-state index contributed by atoms with van der Waals surface area (Å²) in [6.45, 7) is 8.99. The maximum Gasteiger partial charge on any atom is 0.193 e. The Kier molecular flexibility index (Phi) is 6.52. The van der Waals surface area contributed by atoms with Gasteiger partial charge in [0.1, 0.15) is 0 Å². The van der Waals surface area contributed by atoms with Crippen LogP contribution in [0, 0.1) is 0 Å². The number of aliphatic imine (C=N–C) groups is 1. The molecular weight excluding hydrogens is 248 g/mol. The van der Waals surface area contributed by atoms with Gasteiger partial charge >= 0.3 is 0 Å². The van der Waals surface area contributed by atoms with Gasteiger partial charge in [0.05, 0.1) is 6.54 Å². The van der Waals surface area contributed by atoms with Crippen LogP contribution in [-0.2, 0) is 6.54 Å². The van der Waals surface area contributed by atoms with E-state index in [1.54, 1.807) is 0 Å². The molecule has 0 heterocycles. The summed E-state index contributed by atoms with van der Waals surface area (Å²) in [5.74, 6) is 0.921. The van der Waals surface area contributed by atoms with Crippen molar-refractivity contribution in [3.05, 3.63) is 35.9 Å². The van der Waals surface area contributed by atoms with Crippen molar-refractivity contribution in [1.82, 2.24) is 15.5 Å². The molecule has 0 spiro atoms. The molecule has 0 aromatic heterocycles. The van der Waals surface area contributed by atoms with Gasteiger partial charge in [0.2, 0.25) is 0 Å². The molecule has 4 heteroatoms. The maximum absolute atomic E-state index is 4.63. The minimum Gasteiger partial charge on any atom is -0.355 e. The molecule has 0 saturated carbocycles. The smallest absolute Gasteiger partial charge is 0.193 e. The molecule has 0 aliphatic heterocycles. The zero-order valence-corrected chi connectivity index (χ0v) is 13.4. The van der Waals surface area contributed by atoms with Crippen molar-refractivity contribution in [2.45, 2.75) is 32.9 Å². The Morgan fingerprint density at radius 1 is 1.10 bits per heavy atom. The molecule has 1 aromatic carbocycles. The fraction of sp³-hybridized carbons (Fsp3) is 0.562. The summed E-state index contributed by atoms with van der Waals surface area (Å²) < 4.78 is 0. The fourth-order valence-corrected chi connectivity index (χ4v) is 1.72. The van der Waals surface area contributed by atoms with E-state index >= 15 is 0 Å².